The molecule has 1 saturated carbocycles. The third-order valence-corrected chi connectivity index (χ3v) is 3.81. The van der Waals surface area contributed by atoms with Gasteiger partial charge in [0.25, 0.3) is 0 Å². The van der Waals surface area contributed by atoms with Crippen LogP contribution in [0.2, 0.25) is 0 Å². The second-order valence-electron chi connectivity index (χ2n) is 4.93. The minimum atomic E-state index is -0.0388. The molecule has 1 aliphatic heterocycles. The molecule has 0 saturated heterocycles. The van der Waals surface area contributed by atoms with Gasteiger partial charge in [0.1, 0.15) is 17.1 Å². The van der Waals surface area contributed by atoms with Gasteiger partial charge >= 0.3 is 0 Å². The van der Waals surface area contributed by atoms with Crippen LogP contribution in [0.1, 0.15) is 36.0 Å². The van der Waals surface area contributed by atoms with Gasteiger partial charge in [-0.15, -0.1) is 0 Å². The largest absolute Gasteiger partial charge is 0.507 e. The van der Waals surface area contributed by atoms with Crippen molar-refractivity contribution < 1.29 is 9.84 Å². The van der Waals surface area contributed by atoms with Crippen LogP contribution in [0.4, 0.5) is 0 Å². The van der Waals surface area contributed by atoms with Gasteiger partial charge in [-0.25, -0.2) is 0 Å². The van der Waals surface area contributed by atoms with Gasteiger partial charge in [-0.2, -0.15) is 0 Å². The summed E-state index contributed by atoms with van der Waals surface area (Å²) in [6.45, 7) is 3.85. The number of benzene rings is 1. The van der Waals surface area contributed by atoms with Gasteiger partial charge in [0, 0.05) is 11.1 Å². The summed E-state index contributed by atoms with van der Waals surface area (Å²) >= 11 is 0. The number of hydrogen-bond acceptors (Lipinski definition) is 2. The third-order valence-electron chi connectivity index (χ3n) is 3.81. The lowest BCUT2D eigenvalue weighted by Crippen LogP contribution is -2.42. The maximum absolute atomic E-state index is 9.87. The highest BCUT2D eigenvalue weighted by atomic mass is 16.5. The Morgan fingerprint density at radius 1 is 1.31 bits per heavy atom. The van der Waals surface area contributed by atoms with Crippen LogP contribution in [0.25, 0.3) is 6.08 Å². The highest BCUT2D eigenvalue weighted by Crippen LogP contribution is 2.45. The zero-order chi connectivity index (χ0) is 11.3. The molecule has 1 aliphatic carbocycles. The maximum atomic E-state index is 9.87. The monoisotopic (exact) mass is 216 g/mol. The first kappa shape index (κ1) is 9.76. The van der Waals surface area contributed by atoms with Crippen molar-refractivity contribution >= 4 is 6.08 Å². The molecule has 0 radical (unpaired) electrons. The van der Waals surface area contributed by atoms with E-state index in [2.05, 4.69) is 12.2 Å². The first-order valence-electron chi connectivity index (χ1n) is 5.83. The van der Waals surface area contributed by atoms with Crippen LogP contribution in [-0.4, -0.2) is 10.7 Å². The Hall–Kier alpha value is -1.44. The number of ether oxygens (including phenoxy) is 1. The van der Waals surface area contributed by atoms with Crippen molar-refractivity contribution in [2.75, 3.05) is 0 Å². The number of aromatic hydroxyl groups is 1. The highest BCUT2D eigenvalue weighted by Gasteiger charge is 2.39. The number of rotatable bonds is 0. The summed E-state index contributed by atoms with van der Waals surface area (Å²) in [5.74, 6) is 1.31. The van der Waals surface area contributed by atoms with Gasteiger partial charge in [-0.05, 0) is 50.8 Å². The summed E-state index contributed by atoms with van der Waals surface area (Å²) in [5.41, 5.74) is 2.80. The van der Waals surface area contributed by atoms with Gasteiger partial charge in [0.2, 0.25) is 0 Å². The molecule has 0 amide bonds. The molecule has 84 valence electrons. The van der Waals surface area contributed by atoms with E-state index in [0.29, 0.717) is 5.75 Å². The number of fused-ring (bicyclic) bond motifs is 1. The fourth-order valence-electron chi connectivity index (χ4n) is 2.52. The lowest BCUT2D eigenvalue weighted by atomic mass is 9.78. The summed E-state index contributed by atoms with van der Waals surface area (Å²) in [6.07, 6.45) is 7.73. The molecule has 0 aromatic heterocycles. The van der Waals surface area contributed by atoms with Crippen molar-refractivity contribution in [2.24, 2.45) is 0 Å². The summed E-state index contributed by atoms with van der Waals surface area (Å²) in [4.78, 5) is 0. The SMILES string of the molecule is Cc1cc2c(c(C)c1O)C=CC1(CCC1)O2. The van der Waals surface area contributed by atoms with Crippen molar-refractivity contribution in [3.63, 3.8) is 0 Å². The fraction of sp³-hybridized carbons (Fsp3) is 0.429. The predicted molar refractivity (Wildman–Crippen MR) is 63.8 cm³/mol. The van der Waals surface area contributed by atoms with E-state index >= 15 is 0 Å². The Kier molecular flexibility index (Phi) is 1.85. The molecule has 1 aromatic carbocycles. The number of phenols is 1. The molecule has 0 unspecified atom stereocenters. The van der Waals surface area contributed by atoms with Gasteiger partial charge < -0.3 is 9.84 Å². The molecule has 2 heteroatoms. The Balaban J connectivity index is 2.12. The van der Waals surface area contributed by atoms with E-state index in [1.165, 1.54) is 6.42 Å². The Morgan fingerprint density at radius 3 is 2.69 bits per heavy atom. The van der Waals surface area contributed by atoms with Crippen LogP contribution in [0.5, 0.6) is 11.5 Å². The second-order valence-corrected chi connectivity index (χ2v) is 4.93. The smallest absolute Gasteiger partial charge is 0.128 e. The molecular weight excluding hydrogens is 200 g/mol. The molecule has 1 N–H and O–H groups in total. The third kappa shape index (κ3) is 1.19. The minimum Gasteiger partial charge on any atom is -0.507 e. The molecule has 0 atom stereocenters. The van der Waals surface area contributed by atoms with Crippen LogP contribution < -0.4 is 4.74 Å². The molecule has 2 nitrogen and oxygen atoms in total. The molecular formula is C14H16O2. The molecule has 0 bridgehead atoms. The Labute approximate surface area is 95.6 Å². The van der Waals surface area contributed by atoms with E-state index < -0.39 is 0 Å². The first-order chi connectivity index (χ1) is 7.61. The zero-order valence-electron chi connectivity index (χ0n) is 9.71. The number of aryl methyl sites for hydroxylation is 1. The van der Waals surface area contributed by atoms with Crippen molar-refractivity contribution in [2.45, 2.75) is 38.7 Å². The zero-order valence-corrected chi connectivity index (χ0v) is 9.71. The van der Waals surface area contributed by atoms with E-state index in [-0.39, 0.29) is 5.60 Å². The van der Waals surface area contributed by atoms with Crippen LogP contribution in [0.15, 0.2) is 12.1 Å². The number of phenolic OH excluding ortho intramolecular Hbond substituents is 1. The van der Waals surface area contributed by atoms with Crippen molar-refractivity contribution in [3.05, 3.63) is 28.8 Å². The average Bonchev–Trinajstić information content (AvgIpc) is 2.23. The van der Waals surface area contributed by atoms with E-state index in [0.717, 1.165) is 35.3 Å². The normalized spacial score (nSPS) is 20.1. The van der Waals surface area contributed by atoms with E-state index in [1.54, 1.807) is 0 Å². The Bertz CT molecular complexity index is 482. The molecule has 3 rings (SSSR count). The van der Waals surface area contributed by atoms with Gasteiger partial charge in [0.15, 0.2) is 0 Å². The van der Waals surface area contributed by atoms with Crippen LogP contribution in [0.3, 0.4) is 0 Å². The summed E-state index contributed by atoms with van der Waals surface area (Å²) < 4.78 is 6.07. The lowest BCUT2D eigenvalue weighted by Gasteiger charge is -2.42. The minimum absolute atomic E-state index is 0.0388. The van der Waals surface area contributed by atoms with Crippen molar-refractivity contribution in [1.29, 1.82) is 0 Å². The average molecular weight is 216 g/mol. The molecule has 1 fully saturated rings. The van der Waals surface area contributed by atoms with Gasteiger partial charge in [-0.1, -0.05) is 6.08 Å². The maximum Gasteiger partial charge on any atom is 0.128 e. The lowest BCUT2D eigenvalue weighted by molar-refractivity contribution is 0.0380. The standard InChI is InChI=1S/C14H16O2/c1-9-8-12-11(10(2)13(9)15)4-7-14(16-12)5-3-6-14/h4,7-8,15H,3,5-6H2,1-2H3. The number of hydrogen-bond donors (Lipinski definition) is 1. The fourth-order valence-corrected chi connectivity index (χ4v) is 2.52. The molecule has 1 spiro atoms. The topological polar surface area (TPSA) is 29.5 Å². The van der Waals surface area contributed by atoms with Crippen LogP contribution in [-0.2, 0) is 0 Å². The molecule has 16 heavy (non-hydrogen) atoms. The summed E-state index contributed by atoms with van der Waals surface area (Å²) in [6, 6.07) is 1.95. The van der Waals surface area contributed by atoms with Crippen LogP contribution >= 0.6 is 0 Å². The van der Waals surface area contributed by atoms with Crippen LogP contribution in [0, 0.1) is 13.8 Å². The van der Waals surface area contributed by atoms with E-state index in [1.807, 2.05) is 19.9 Å². The molecule has 2 aliphatic rings. The van der Waals surface area contributed by atoms with Gasteiger partial charge in [0.05, 0.1) is 0 Å². The second kappa shape index (κ2) is 3.03. The quantitative estimate of drug-likeness (QED) is 0.720. The summed E-state index contributed by atoms with van der Waals surface area (Å²) in [7, 11) is 0. The predicted octanol–water partition coefficient (Wildman–Crippen LogP) is 3.34. The van der Waals surface area contributed by atoms with Crippen molar-refractivity contribution in [3.8, 4) is 11.5 Å². The van der Waals surface area contributed by atoms with Gasteiger partial charge in [-0.3, -0.25) is 0 Å². The molecule has 1 aromatic rings. The molecule has 1 heterocycles. The first-order valence-corrected chi connectivity index (χ1v) is 5.83. The summed E-state index contributed by atoms with van der Waals surface area (Å²) in [5, 5.41) is 9.87. The van der Waals surface area contributed by atoms with E-state index in [4.69, 9.17) is 4.74 Å². The highest BCUT2D eigenvalue weighted by molar-refractivity contribution is 5.68. The van der Waals surface area contributed by atoms with E-state index in [9.17, 15) is 5.11 Å². The Morgan fingerprint density at radius 2 is 2.06 bits per heavy atom. The van der Waals surface area contributed by atoms with Crippen molar-refractivity contribution in [1.82, 2.24) is 0 Å².